The van der Waals surface area contributed by atoms with Crippen molar-refractivity contribution in [3.8, 4) is 0 Å². The fourth-order valence-electron chi connectivity index (χ4n) is 0.446. The Bertz CT molecular complexity index is 174. The lowest BCUT2D eigenvalue weighted by molar-refractivity contribution is 0.112. The molecule has 0 radical (unpaired) electrons. The molecule has 1 aromatic heterocycles. The summed E-state index contributed by atoms with van der Waals surface area (Å²) in [5.74, 6) is 0. The highest BCUT2D eigenvalue weighted by molar-refractivity contribution is 5.73. The third-order valence-corrected chi connectivity index (χ3v) is 0.820. The first-order valence-electron chi connectivity index (χ1n) is 2.28. The van der Waals surface area contributed by atoms with Crippen LogP contribution in [0.5, 0.6) is 0 Å². The zero-order valence-corrected chi connectivity index (χ0v) is 4.74. The topological polar surface area (TPSA) is 61.5 Å². The maximum atomic E-state index is 9.97. The Morgan fingerprint density at radius 2 is 2.33 bits per heavy atom. The van der Waals surface area contributed by atoms with Crippen LogP contribution >= 0.6 is 0 Å². The first kappa shape index (κ1) is 7.78. The van der Waals surface area contributed by atoms with E-state index >= 15 is 0 Å². The Morgan fingerprint density at radius 3 is 2.67 bits per heavy atom. The first-order valence-corrected chi connectivity index (χ1v) is 2.28. The average molecular weight is 125 g/mol. The zero-order chi connectivity index (χ0) is 5.82. The summed E-state index contributed by atoms with van der Waals surface area (Å²) in [6.45, 7) is 0. The summed E-state index contributed by atoms with van der Waals surface area (Å²) in [6.07, 6.45) is 3.92. The number of pyridine rings is 1. The van der Waals surface area contributed by atoms with Crippen LogP contribution in [0.1, 0.15) is 10.4 Å². The molecule has 0 aliphatic heterocycles. The van der Waals surface area contributed by atoms with Gasteiger partial charge < -0.3 is 5.48 Å². The van der Waals surface area contributed by atoms with E-state index in [4.69, 9.17) is 0 Å². The first-order chi connectivity index (χ1) is 3.93. The van der Waals surface area contributed by atoms with Crippen LogP contribution in [0.15, 0.2) is 24.5 Å². The molecule has 0 amide bonds. The Kier molecular flexibility index (Phi) is 3.23. The van der Waals surface area contributed by atoms with E-state index < -0.39 is 0 Å². The highest BCUT2D eigenvalue weighted by atomic mass is 16.1. The molecule has 0 aromatic carbocycles. The quantitative estimate of drug-likeness (QED) is 0.498. The zero-order valence-electron chi connectivity index (χ0n) is 4.74. The van der Waals surface area contributed by atoms with Gasteiger partial charge in [0.25, 0.3) is 0 Å². The molecule has 0 fully saturated rings. The second-order valence-electron chi connectivity index (χ2n) is 1.40. The van der Waals surface area contributed by atoms with Crippen molar-refractivity contribution in [2.24, 2.45) is 0 Å². The van der Waals surface area contributed by atoms with Gasteiger partial charge in [0.1, 0.15) is 0 Å². The van der Waals surface area contributed by atoms with Crippen LogP contribution in [-0.2, 0) is 0 Å². The van der Waals surface area contributed by atoms with Crippen molar-refractivity contribution in [3.05, 3.63) is 30.1 Å². The third-order valence-electron chi connectivity index (χ3n) is 0.820. The molecule has 1 rings (SSSR count). The van der Waals surface area contributed by atoms with E-state index in [-0.39, 0.29) is 5.48 Å². The lowest BCUT2D eigenvalue weighted by atomic mass is 10.3. The van der Waals surface area contributed by atoms with Crippen molar-refractivity contribution < 1.29 is 10.3 Å². The number of carbonyl (C=O) groups excluding carboxylic acids is 1. The van der Waals surface area contributed by atoms with Crippen LogP contribution in [0.25, 0.3) is 0 Å². The molecular weight excluding hydrogens is 118 g/mol. The molecule has 0 aliphatic carbocycles. The summed E-state index contributed by atoms with van der Waals surface area (Å²) in [7, 11) is 0. The van der Waals surface area contributed by atoms with Crippen LogP contribution < -0.4 is 0 Å². The number of rotatable bonds is 1. The summed E-state index contributed by atoms with van der Waals surface area (Å²) < 4.78 is 0. The maximum Gasteiger partial charge on any atom is 0.151 e. The van der Waals surface area contributed by atoms with E-state index in [1.807, 2.05) is 0 Å². The Morgan fingerprint density at radius 1 is 1.56 bits per heavy atom. The molecule has 0 spiro atoms. The second kappa shape index (κ2) is 3.74. The normalized spacial score (nSPS) is 7.56. The highest BCUT2D eigenvalue weighted by Gasteiger charge is 1.81. The van der Waals surface area contributed by atoms with E-state index in [9.17, 15) is 4.79 Å². The summed E-state index contributed by atoms with van der Waals surface area (Å²) >= 11 is 0. The van der Waals surface area contributed by atoms with Crippen molar-refractivity contribution in [2.75, 3.05) is 0 Å². The predicted molar refractivity (Wildman–Crippen MR) is 33.2 cm³/mol. The number of nitrogens with zero attached hydrogens (tertiary/aromatic N) is 1. The Labute approximate surface area is 52.7 Å². The minimum atomic E-state index is 0. The van der Waals surface area contributed by atoms with Crippen molar-refractivity contribution in [2.45, 2.75) is 0 Å². The SMILES string of the molecule is O.O=Cc1cccnc1. The minimum Gasteiger partial charge on any atom is -0.412 e. The third kappa shape index (κ3) is 2.01. The van der Waals surface area contributed by atoms with E-state index in [1.54, 1.807) is 18.3 Å². The summed E-state index contributed by atoms with van der Waals surface area (Å²) in [4.78, 5) is 13.7. The van der Waals surface area contributed by atoms with Crippen molar-refractivity contribution in [1.82, 2.24) is 4.98 Å². The predicted octanol–water partition coefficient (Wildman–Crippen LogP) is 0.0694. The molecule has 0 saturated carbocycles. The molecule has 48 valence electrons. The average Bonchev–Trinajstić information content (AvgIpc) is 1.90. The fourth-order valence-corrected chi connectivity index (χ4v) is 0.446. The molecular formula is C6H7NO2. The van der Waals surface area contributed by atoms with E-state index in [1.165, 1.54) is 6.20 Å². The number of carbonyl (C=O) groups is 1. The van der Waals surface area contributed by atoms with Crippen molar-refractivity contribution >= 4 is 6.29 Å². The van der Waals surface area contributed by atoms with E-state index in [2.05, 4.69) is 4.98 Å². The van der Waals surface area contributed by atoms with E-state index in [0.29, 0.717) is 5.56 Å². The van der Waals surface area contributed by atoms with Gasteiger partial charge in [0.2, 0.25) is 0 Å². The largest absolute Gasteiger partial charge is 0.412 e. The number of aromatic nitrogens is 1. The van der Waals surface area contributed by atoms with Gasteiger partial charge in [0, 0.05) is 18.0 Å². The summed E-state index contributed by atoms with van der Waals surface area (Å²) in [6, 6.07) is 3.43. The monoisotopic (exact) mass is 125 g/mol. The minimum absolute atomic E-state index is 0. The van der Waals surface area contributed by atoms with Crippen LogP contribution in [0.2, 0.25) is 0 Å². The van der Waals surface area contributed by atoms with Gasteiger partial charge in [-0.05, 0) is 12.1 Å². The molecule has 0 bridgehead atoms. The van der Waals surface area contributed by atoms with E-state index in [0.717, 1.165) is 6.29 Å². The molecule has 0 saturated heterocycles. The molecule has 3 nitrogen and oxygen atoms in total. The lowest BCUT2D eigenvalue weighted by Gasteiger charge is -1.81. The van der Waals surface area contributed by atoms with Crippen LogP contribution in [0, 0.1) is 0 Å². The molecule has 0 unspecified atom stereocenters. The van der Waals surface area contributed by atoms with Crippen LogP contribution in [-0.4, -0.2) is 16.7 Å². The molecule has 0 atom stereocenters. The molecule has 2 N–H and O–H groups in total. The van der Waals surface area contributed by atoms with Gasteiger partial charge in [-0.15, -0.1) is 0 Å². The molecule has 9 heavy (non-hydrogen) atoms. The van der Waals surface area contributed by atoms with Crippen LogP contribution in [0.3, 0.4) is 0 Å². The standard InChI is InChI=1S/C6H5NO.H2O/c8-5-6-2-1-3-7-4-6;/h1-5H;1H2. The number of aldehydes is 1. The molecule has 1 aromatic rings. The van der Waals surface area contributed by atoms with Crippen LogP contribution in [0.4, 0.5) is 0 Å². The summed E-state index contributed by atoms with van der Waals surface area (Å²) in [5.41, 5.74) is 0.618. The Balaban J connectivity index is 0.000000640. The van der Waals surface area contributed by atoms with Gasteiger partial charge >= 0.3 is 0 Å². The lowest BCUT2D eigenvalue weighted by Crippen LogP contribution is -1.77. The van der Waals surface area contributed by atoms with Gasteiger partial charge in [-0.1, -0.05) is 0 Å². The van der Waals surface area contributed by atoms with Gasteiger partial charge in [-0.3, -0.25) is 9.78 Å². The maximum absolute atomic E-state index is 9.97. The second-order valence-corrected chi connectivity index (χ2v) is 1.40. The molecule has 3 heteroatoms. The van der Waals surface area contributed by atoms with Gasteiger partial charge in [0.15, 0.2) is 6.29 Å². The summed E-state index contributed by atoms with van der Waals surface area (Å²) in [5, 5.41) is 0. The molecule has 1 heterocycles. The number of hydrogen-bond acceptors (Lipinski definition) is 2. The highest BCUT2D eigenvalue weighted by Crippen LogP contribution is 1.87. The fraction of sp³-hybridized carbons (Fsp3) is 0. The smallest absolute Gasteiger partial charge is 0.151 e. The van der Waals surface area contributed by atoms with Crippen molar-refractivity contribution in [3.63, 3.8) is 0 Å². The Hall–Kier alpha value is -1.22. The van der Waals surface area contributed by atoms with Gasteiger partial charge in [-0.2, -0.15) is 0 Å². The number of hydrogen-bond donors (Lipinski definition) is 0. The van der Waals surface area contributed by atoms with Crippen molar-refractivity contribution in [1.29, 1.82) is 0 Å². The van der Waals surface area contributed by atoms with Gasteiger partial charge in [-0.25, -0.2) is 0 Å². The molecule has 0 aliphatic rings. The van der Waals surface area contributed by atoms with Gasteiger partial charge in [0.05, 0.1) is 0 Å².